The fourth-order valence-electron chi connectivity index (χ4n) is 3.58. The number of hydrogen-bond donors (Lipinski definition) is 2. The van der Waals surface area contributed by atoms with E-state index in [1.54, 1.807) is 24.3 Å². The molecule has 142 valence electrons. The molecule has 1 amide bonds. The van der Waals surface area contributed by atoms with Crippen molar-refractivity contribution in [3.63, 3.8) is 0 Å². The van der Waals surface area contributed by atoms with Gasteiger partial charge in [0.1, 0.15) is 17.6 Å². The van der Waals surface area contributed by atoms with Crippen LogP contribution >= 0.6 is 0 Å². The Kier molecular flexibility index (Phi) is 4.53. The van der Waals surface area contributed by atoms with E-state index >= 15 is 0 Å². The van der Waals surface area contributed by atoms with Gasteiger partial charge in [0.2, 0.25) is 9.84 Å². The Morgan fingerprint density at radius 1 is 1.22 bits per heavy atom. The number of nitrogens with two attached hydrogens (primary N) is 1. The van der Waals surface area contributed by atoms with Crippen molar-refractivity contribution in [1.82, 2.24) is 5.32 Å². The van der Waals surface area contributed by atoms with Crippen molar-refractivity contribution in [3.05, 3.63) is 48.0 Å². The molecular weight excluding hydrogens is 368 g/mol. The van der Waals surface area contributed by atoms with E-state index in [2.05, 4.69) is 5.32 Å². The van der Waals surface area contributed by atoms with E-state index in [1.165, 1.54) is 12.1 Å². The highest BCUT2D eigenvalue weighted by molar-refractivity contribution is 7.91. The van der Waals surface area contributed by atoms with Crippen LogP contribution in [0.25, 0.3) is 0 Å². The highest BCUT2D eigenvalue weighted by Crippen LogP contribution is 2.42. The van der Waals surface area contributed by atoms with E-state index in [0.717, 1.165) is 25.1 Å². The third kappa shape index (κ3) is 3.38. The van der Waals surface area contributed by atoms with Crippen LogP contribution in [0.5, 0.6) is 11.5 Å². The second-order valence-electron chi connectivity index (χ2n) is 6.69. The zero-order valence-electron chi connectivity index (χ0n) is 14.6. The molecular formula is C19H20N2O5S. The maximum absolute atomic E-state index is 13.0. The number of hydrogen-bond acceptors (Lipinski definition) is 6. The molecule has 0 aromatic heterocycles. The van der Waals surface area contributed by atoms with Crippen LogP contribution in [0.3, 0.4) is 0 Å². The van der Waals surface area contributed by atoms with Gasteiger partial charge >= 0.3 is 0 Å². The summed E-state index contributed by atoms with van der Waals surface area (Å²) in [4.78, 5) is 11.1. The van der Waals surface area contributed by atoms with Crippen molar-refractivity contribution in [3.8, 4) is 11.5 Å². The summed E-state index contributed by atoms with van der Waals surface area (Å²) in [7, 11) is -3.75. The molecule has 2 unspecified atom stereocenters. The second-order valence-corrected chi connectivity index (χ2v) is 8.64. The van der Waals surface area contributed by atoms with Gasteiger partial charge in [-0.25, -0.2) is 8.42 Å². The highest BCUT2D eigenvalue weighted by Gasteiger charge is 2.36. The molecule has 2 aliphatic heterocycles. The molecule has 4 rings (SSSR count). The van der Waals surface area contributed by atoms with Crippen molar-refractivity contribution >= 4 is 15.7 Å². The lowest BCUT2D eigenvalue weighted by molar-refractivity contribution is -0.119. The normalized spacial score (nSPS) is 21.0. The summed E-state index contributed by atoms with van der Waals surface area (Å²) in [6.07, 6.45) is 1.03. The Labute approximate surface area is 157 Å². The number of primary amides is 1. The lowest BCUT2D eigenvalue weighted by Gasteiger charge is -2.24. The van der Waals surface area contributed by atoms with Gasteiger partial charge in [0.25, 0.3) is 5.91 Å². The standard InChI is InChI=1S/C19H20N2O5S/c20-19(22)11-25-12-2-1-3-13(8-12)27(23,24)14-4-5-15-16-6-7-21-10-18(16)26-17(15)9-14/h1-5,8-9,16,18,21H,6-7,10-11H2,(H2,20,22). The first-order valence-electron chi connectivity index (χ1n) is 8.73. The van der Waals surface area contributed by atoms with Gasteiger partial charge in [0, 0.05) is 18.0 Å². The molecule has 2 aliphatic rings. The predicted octanol–water partition coefficient (Wildman–Crippen LogP) is 1.22. The number of ether oxygens (including phenoxy) is 2. The van der Waals surface area contributed by atoms with E-state index in [-0.39, 0.29) is 28.3 Å². The highest BCUT2D eigenvalue weighted by atomic mass is 32.2. The van der Waals surface area contributed by atoms with Crippen LogP contribution < -0.4 is 20.5 Å². The van der Waals surface area contributed by atoms with E-state index in [4.69, 9.17) is 15.2 Å². The summed E-state index contributed by atoms with van der Waals surface area (Å²) < 4.78 is 37.2. The van der Waals surface area contributed by atoms with Gasteiger partial charge in [-0.15, -0.1) is 0 Å². The molecule has 7 nitrogen and oxygen atoms in total. The van der Waals surface area contributed by atoms with Crippen molar-refractivity contribution in [2.45, 2.75) is 28.2 Å². The number of amides is 1. The quantitative estimate of drug-likeness (QED) is 0.797. The zero-order chi connectivity index (χ0) is 19.0. The Hall–Kier alpha value is -2.58. The van der Waals surface area contributed by atoms with E-state index in [1.807, 2.05) is 6.07 Å². The summed E-state index contributed by atoms with van der Waals surface area (Å²) >= 11 is 0. The number of sulfone groups is 1. The number of piperidine rings is 1. The summed E-state index contributed by atoms with van der Waals surface area (Å²) in [6, 6.07) is 11.1. The number of fused-ring (bicyclic) bond motifs is 3. The molecule has 27 heavy (non-hydrogen) atoms. The smallest absolute Gasteiger partial charge is 0.255 e. The molecule has 3 N–H and O–H groups in total. The average Bonchev–Trinajstić information content (AvgIpc) is 3.04. The molecule has 2 atom stereocenters. The molecule has 0 saturated carbocycles. The van der Waals surface area contributed by atoms with Crippen LogP contribution in [0.4, 0.5) is 0 Å². The first-order valence-corrected chi connectivity index (χ1v) is 10.2. The lowest BCUT2D eigenvalue weighted by atomic mass is 9.90. The topological polar surface area (TPSA) is 108 Å². The fraction of sp³-hybridized carbons (Fsp3) is 0.316. The summed E-state index contributed by atoms with van der Waals surface area (Å²) in [6.45, 7) is 1.38. The van der Waals surface area contributed by atoms with Gasteiger partial charge in [0.05, 0.1) is 9.79 Å². The number of carbonyl (C=O) groups excluding carboxylic acids is 1. The first kappa shape index (κ1) is 17.8. The maximum atomic E-state index is 13.0. The number of rotatable bonds is 5. The monoisotopic (exact) mass is 388 g/mol. The second kappa shape index (κ2) is 6.86. The minimum atomic E-state index is -3.75. The van der Waals surface area contributed by atoms with Crippen LogP contribution in [0, 0.1) is 0 Å². The molecule has 0 aliphatic carbocycles. The Morgan fingerprint density at radius 2 is 2.04 bits per heavy atom. The van der Waals surface area contributed by atoms with E-state index < -0.39 is 15.7 Å². The number of nitrogens with one attached hydrogen (secondary N) is 1. The largest absolute Gasteiger partial charge is 0.488 e. The van der Waals surface area contributed by atoms with Gasteiger partial charge < -0.3 is 20.5 Å². The van der Waals surface area contributed by atoms with Crippen molar-refractivity contribution < 1.29 is 22.7 Å². The van der Waals surface area contributed by atoms with Crippen LogP contribution in [0.1, 0.15) is 17.9 Å². The van der Waals surface area contributed by atoms with Crippen molar-refractivity contribution in [2.75, 3.05) is 19.7 Å². The van der Waals surface area contributed by atoms with Crippen LogP contribution in [-0.2, 0) is 14.6 Å². The van der Waals surface area contributed by atoms with Crippen LogP contribution in [-0.4, -0.2) is 40.1 Å². The van der Waals surface area contributed by atoms with Crippen LogP contribution in [0.15, 0.2) is 52.3 Å². The third-order valence-electron chi connectivity index (χ3n) is 4.90. The summed E-state index contributed by atoms with van der Waals surface area (Å²) in [5, 5.41) is 3.30. The van der Waals surface area contributed by atoms with Crippen molar-refractivity contribution in [1.29, 1.82) is 0 Å². The molecule has 0 radical (unpaired) electrons. The predicted molar refractivity (Wildman–Crippen MR) is 97.7 cm³/mol. The first-order chi connectivity index (χ1) is 12.9. The van der Waals surface area contributed by atoms with E-state index in [0.29, 0.717) is 11.7 Å². The van der Waals surface area contributed by atoms with Crippen molar-refractivity contribution in [2.24, 2.45) is 5.73 Å². The fourth-order valence-corrected chi connectivity index (χ4v) is 4.90. The number of carbonyl (C=O) groups is 1. The zero-order valence-corrected chi connectivity index (χ0v) is 15.4. The minimum absolute atomic E-state index is 0.0530. The minimum Gasteiger partial charge on any atom is -0.488 e. The van der Waals surface area contributed by atoms with Gasteiger partial charge in [-0.3, -0.25) is 4.79 Å². The Balaban J connectivity index is 1.64. The molecule has 0 bridgehead atoms. The summed E-state index contributed by atoms with van der Waals surface area (Å²) in [5.74, 6) is 0.582. The Bertz CT molecular complexity index is 989. The molecule has 0 spiro atoms. The number of benzene rings is 2. The van der Waals surface area contributed by atoms with Gasteiger partial charge in [0.15, 0.2) is 6.61 Å². The lowest BCUT2D eigenvalue weighted by Crippen LogP contribution is -2.39. The third-order valence-corrected chi connectivity index (χ3v) is 6.65. The van der Waals surface area contributed by atoms with Gasteiger partial charge in [-0.05, 0) is 43.3 Å². The molecule has 8 heteroatoms. The molecule has 2 aromatic rings. The Morgan fingerprint density at radius 3 is 2.85 bits per heavy atom. The summed E-state index contributed by atoms with van der Waals surface area (Å²) in [5.41, 5.74) is 6.12. The molecule has 2 aromatic carbocycles. The van der Waals surface area contributed by atoms with Gasteiger partial charge in [-0.2, -0.15) is 0 Å². The molecule has 1 saturated heterocycles. The SMILES string of the molecule is NC(=O)COc1cccc(S(=O)(=O)c2ccc3c(c2)OC2CNCCC32)c1. The molecule has 1 fully saturated rings. The molecule has 2 heterocycles. The van der Waals surface area contributed by atoms with Gasteiger partial charge in [-0.1, -0.05) is 12.1 Å². The average molecular weight is 388 g/mol. The maximum Gasteiger partial charge on any atom is 0.255 e. The van der Waals surface area contributed by atoms with E-state index in [9.17, 15) is 13.2 Å². The van der Waals surface area contributed by atoms with Crippen LogP contribution in [0.2, 0.25) is 0 Å².